The molecule has 1 aromatic rings. The summed E-state index contributed by atoms with van der Waals surface area (Å²) in [6.45, 7) is 2.78. The summed E-state index contributed by atoms with van der Waals surface area (Å²) in [5.41, 5.74) is 3.02. The van der Waals surface area contributed by atoms with Gasteiger partial charge in [-0.15, -0.1) is 0 Å². The van der Waals surface area contributed by atoms with Gasteiger partial charge in [-0.05, 0) is 50.2 Å². The zero-order valence-corrected chi connectivity index (χ0v) is 12.9. The fourth-order valence-corrected chi connectivity index (χ4v) is 3.09. The molecule has 5 heteroatoms. The van der Waals surface area contributed by atoms with Crippen LogP contribution in [0, 0.1) is 11.3 Å². The number of pyridine rings is 1. The smallest absolute Gasteiger partial charge is 0.144 e. The third-order valence-corrected chi connectivity index (χ3v) is 4.29. The van der Waals surface area contributed by atoms with Gasteiger partial charge in [-0.2, -0.15) is 5.26 Å². The first-order chi connectivity index (χ1) is 10.9. The average molecular weight is 301 g/mol. The minimum absolute atomic E-state index is 0.261. The Balaban J connectivity index is 1.50. The van der Waals surface area contributed by atoms with Crippen molar-refractivity contribution in [3.05, 3.63) is 22.9 Å². The molecule has 0 spiro atoms. The van der Waals surface area contributed by atoms with Gasteiger partial charge in [0.15, 0.2) is 0 Å². The van der Waals surface area contributed by atoms with E-state index in [1.54, 1.807) is 0 Å². The van der Waals surface area contributed by atoms with Crippen molar-refractivity contribution < 1.29 is 9.47 Å². The van der Waals surface area contributed by atoms with Gasteiger partial charge in [-0.25, -0.2) is 4.98 Å². The standard InChI is InChI=1S/C17H23N3O2/c18-11-14-10-13-4-1-2-6-16(13)20-17(14)19-7-9-21-12-15-5-3-8-22-15/h10,15H,1-9,12H2,(H,19,20). The lowest BCUT2D eigenvalue weighted by Crippen LogP contribution is -2.19. The Morgan fingerprint density at radius 3 is 3.09 bits per heavy atom. The summed E-state index contributed by atoms with van der Waals surface area (Å²) in [4.78, 5) is 4.65. The number of nitrogens with zero attached hydrogens (tertiary/aromatic N) is 2. The molecule has 1 N–H and O–H groups in total. The summed E-state index contributed by atoms with van der Waals surface area (Å²) in [6, 6.07) is 4.24. The van der Waals surface area contributed by atoms with E-state index in [4.69, 9.17) is 9.47 Å². The molecule has 0 aromatic carbocycles. The molecule has 1 aliphatic heterocycles. The molecule has 22 heavy (non-hydrogen) atoms. The van der Waals surface area contributed by atoms with Gasteiger partial charge in [0.1, 0.15) is 11.9 Å². The van der Waals surface area contributed by atoms with E-state index >= 15 is 0 Å². The minimum Gasteiger partial charge on any atom is -0.377 e. The van der Waals surface area contributed by atoms with E-state index in [-0.39, 0.29) is 6.10 Å². The number of nitriles is 1. The number of hydrogen-bond donors (Lipinski definition) is 1. The summed E-state index contributed by atoms with van der Waals surface area (Å²) < 4.78 is 11.1. The van der Waals surface area contributed by atoms with Gasteiger partial charge < -0.3 is 14.8 Å². The average Bonchev–Trinajstić information content (AvgIpc) is 3.07. The normalized spacial score (nSPS) is 20.4. The highest BCUT2D eigenvalue weighted by molar-refractivity contribution is 5.54. The van der Waals surface area contributed by atoms with Crippen molar-refractivity contribution in [2.24, 2.45) is 0 Å². The molecule has 118 valence electrons. The van der Waals surface area contributed by atoms with Crippen molar-refractivity contribution in [2.75, 3.05) is 31.7 Å². The Morgan fingerprint density at radius 1 is 1.36 bits per heavy atom. The van der Waals surface area contributed by atoms with Crippen LogP contribution in [-0.2, 0) is 22.3 Å². The Bertz CT molecular complexity index is 548. The van der Waals surface area contributed by atoms with E-state index in [1.807, 2.05) is 6.07 Å². The van der Waals surface area contributed by atoms with Crippen LogP contribution >= 0.6 is 0 Å². The second kappa shape index (κ2) is 7.57. The SMILES string of the molecule is N#Cc1cc2c(nc1NCCOCC1CCCO1)CCCC2. The molecule has 1 unspecified atom stereocenters. The van der Waals surface area contributed by atoms with Crippen LogP contribution < -0.4 is 5.32 Å². The number of hydrogen-bond acceptors (Lipinski definition) is 5. The first-order valence-electron chi connectivity index (χ1n) is 8.23. The minimum atomic E-state index is 0.261. The molecule has 1 aliphatic carbocycles. The number of nitrogens with one attached hydrogen (secondary N) is 1. The summed E-state index contributed by atoms with van der Waals surface area (Å²) in [6.07, 6.45) is 6.94. The van der Waals surface area contributed by atoms with E-state index < -0.39 is 0 Å². The quantitative estimate of drug-likeness (QED) is 0.817. The summed E-state index contributed by atoms with van der Waals surface area (Å²) >= 11 is 0. The molecule has 1 saturated heterocycles. The number of ether oxygens (including phenoxy) is 2. The van der Waals surface area contributed by atoms with Crippen molar-refractivity contribution in [1.82, 2.24) is 4.98 Å². The second-order valence-corrected chi connectivity index (χ2v) is 5.95. The zero-order chi connectivity index (χ0) is 15.2. The predicted octanol–water partition coefficient (Wildman–Crippen LogP) is 2.44. The highest BCUT2D eigenvalue weighted by atomic mass is 16.5. The monoisotopic (exact) mass is 301 g/mol. The summed E-state index contributed by atoms with van der Waals surface area (Å²) in [5.74, 6) is 0.698. The van der Waals surface area contributed by atoms with Crippen LogP contribution in [0.5, 0.6) is 0 Å². The van der Waals surface area contributed by atoms with Gasteiger partial charge >= 0.3 is 0 Å². The first-order valence-corrected chi connectivity index (χ1v) is 8.23. The summed E-state index contributed by atoms with van der Waals surface area (Å²) in [5, 5.41) is 12.5. The predicted molar refractivity (Wildman–Crippen MR) is 83.9 cm³/mol. The molecule has 1 atom stereocenters. The van der Waals surface area contributed by atoms with Crippen molar-refractivity contribution in [3.63, 3.8) is 0 Å². The first kappa shape index (κ1) is 15.3. The molecule has 0 bridgehead atoms. The fraction of sp³-hybridized carbons (Fsp3) is 0.647. The Hall–Kier alpha value is -1.64. The van der Waals surface area contributed by atoms with Gasteiger partial charge in [-0.1, -0.05) is 0 Å². The Labute approximate surface area is 131 Å². The van der Waals surface area contributed by atoms with Crippen molar-refractivity contribution in [3.8, 4) is 6.07 Å². The number of aryl methyl sites for hydroxylation is 2. The Morgan fingerprint density at radius 2 is 2.27 bits per heavy atom. The van der Waals surface area contributed by atoms with Crippen molar-refractivity contribution in [2.45, 2.75) is 44.6 Å². The molecule has 3 rings (SSSR count). The highest BCUT2D eigenvalue weighted by Crippen LogP contribution is 2.24. The number of aromatic nitrogens is 1. The van der Waals surface area contributed by atoms with Gasteiger partial charge in [-0.3, -0.25) is 0 Å². The molecule has 0 saturated carbocycles. The van der Waals surface area contributed by atoms with Crippen molar-refractivity contribution in [1.29, 1.82) is 5.26 Å². The van der Waals surface area contributed by atoms with E-state index in [2.05, 4.69) is 16.4 Å². The van der Waals surface area contributed by atoms with Crippen LogP contribution in [0.1, 0.15) is 42.5 Å². The van der Waals surface area contributed by atoms with Crippen LogP contribution in [0.25, 0.3) is 0 Å². The summed E-state index contributed by atoms with van der Waals surface area (Å²) in [7, 11) is 0. The van der Waals surface area contributed by atoms with E-state index in [1.165, 1.54) is 18.4 Å². The van der Waals surface area contributed by atoms with Gasteiger partial charge in [0.25, 0.3) is 0 Å². The Kier molecular flexibility index (Phi) is 5.25. The van der Waals surface area contributed by atoms with Crippen LogP contribution in [-0.4, -0.2) is 37.5 Å². The van der Waals surface area contributed by atoms with Crippen LogP contribution in [0.4, 0.5) is 5.82 Å². The molecule has 1 aromatic heterocycles. The van der Waals surface area contributed by atoms with E-state index in [0.29, 0.717) is 31.1 Å². The number of anilines is 1. The lowest BCUT2D eigenvalue weighted by molar-refractivity contribution is 0.0206. The highest BCUT2D eigenvalue weighted by Gasteiger charge is 2.16. The molecular formula is C17H23N3O2. The van der Waals surface area contributed by atoms with E-state index in [0.717, 1.165) is 38.0 Å². The molecule has 1 fully saturated rings. The largest absolute Gasteiger partial charge is 0.377 e. The van der Waals surface area contributed by atoms with Gasteiger partial charge in [0, 0.05) is 18.8 Å². The van der Waals surface area contributed by atoms with Crippen LogP contribution in [0.2, 0.25) is 0 Å². The molecular weight excluding hydrogens is 278 g/mol. The number of rotatable bonds is 6. The van der Waals surface area contributed by atoms with E-state index in [9.17, 15) is 5.26 Å². The van der Waals surface area contributed by atoms with Gasteiger partial charge in [0.05, 0.1) is 24.9 Å². The zero-order valence-electron chi connectivity index (χ0n) is 12.9. The molecule has 2 heterocycles. The second-order valence-electron chi connectivity index (χ2n) is 5.95. The third-order valence-electron chi connectivity index (χ3n) is 4.29. The number of fused-ring (bicyclic) bond motifs is 1. The maximum Gasteiger partial charge on any atom is 0.144 e. The van der Waals surface area contributed by atoms with Crippen molar-refractivity contribution >= 4 is 5.82 Å². The maximum absolute atomic E-state index is 9.29. The van der Waals surface area contributed by atoms with Crippen LogP contribution in [0.3, 0.4) is 0 Å². The third kappa shape index (κ3) is 3.76. The van der Waals surface area contributed by atoms with Gasteiger partial charge in [0.2, 0.25) is 0 Å². The molecule has 5 nitrogen and oxygen atoms in total. The molecule has 0 radical (unpaired) electrons. The molecule has 0 amide bonds. The topological polar surface area (TPSA) is 67.2 Å². The maximum atomic E-state index is 9.29. The molecule has 2 aliphatic rings. The van der Waals surface area contributed by atoms with Crippen LogP contribution in [0.15, 0.2) is 6.07 Å². The lowest BCUT2D eigenvalue weighted by Gasteiger charge is -2.17. The fourth-order valence-electron chi connectivity index (χ4n) is 3.09. The lowest BCUT2D eigenvalue weighted by atomic mass is 9.95.